The highest BCUT2D eigenvalue weighted by Crippen LogP contribution is 2.16. The summed E-state index contributed by atoms with van der Waals surface area (Å²) >= 11 is 0. The van der Waals surface area contributed by atoms with E-state index in [-0.39, 0.29) is 31.1 Å². The molecule has 0 radical (unpaired) electrons. The maximum Gasteiger partial charge on any atom is 0.306 e. The lowest BCUT2D eigenvalue weighted by Gasteiger charge is -2.18. The van der Waals surface area contributed by atoms with Gasteiger partial charge >= 0.3 is 17.9 Å². The molecule has 67 heavy (non-hydrogen) atoms. The normalized spacial score (nSPS) is 12.6. The van der Waals surface area contributed by atoms with E-state index in [2.05, 4.69) is 93.7 Å². The van der Waals surface area contributed by atoms with Crippen LogP contribution in [0.15, 0.2) is 72.9 Å². The van der Waals surface area contributed by atoms with Gasteiger partial charge in [0.2, 0.25) is 0 Å². The van der Waals surface area contributed by atoms with Crippen molar-refractivity contribution in [2.75, 3.05) is 13.2 Å². The van der Waals surface area contributed by atoms with Crippen molar-refractivity contribution in [2.45, 2.75) is 284 Å². The maximum atomic E-state index is 12.8. The molecule has 0 fully saturated rings. The van der Waals surface area contributed by atoms with Gasteiger partial charge in [-0.3, -0.25) is 14.4 Å². The van der Waals surface area contributed by atoms with Crippen LogP contribution < -0.4 is 0 Å². The van der Waals surface area contributed by atoms with Crippen LogP contribution in [0.1, 0.15) is 278 Å². The Kier molecular flexibility index (Phi) is 52.8. The summed E-state index contributed by atoms with van der Waals surface area (Å²) < 4.78 is 16.8. The summed E-state index contributed by atoms with van der Waals surface area (Å²) in [6.07, 6.45) is 70.3. The van der Waals surface area contributed by atoms with Crippen LogP contribution in [-0.2, 0) is 28.6 Å². The van der Waals surface area contributed by atoms with E-state index in [1.165, 1.54) is 148 Å². The standard InChI is InChI=1S/C61H106O6/c1-4-7-10-13-16-19-22-24-26-28-30-32-34-36-39-42-45-48-51-54-60(63)66-57-58(56-65-59(62)53-50-47-44-41-38-21-18-15-12-9-6-3)67-61(64)55-52-49-46-43-40-37-35-33-31-29-27-25-23-20-17-14-11-8-5-2/h7,10,16-17,19-20,23-26,30,32,58H,4-6,8-9,11-15,18,21-22,27-29,31,33-57H2,1-3H3/b10-7-,19-16-,20-17-,25-23-,26-24-,32-30-. The Labute approximate surface area is 414 Å². The van der Waals surface area contributed by atoms with Gasteiger partial charge in [0.1, 0.15) is 13.2 Å². The van der Waals surface area contributed by atoms with Crippen molar-refractivity contribution in [1.82, 2.24) is 0 Å². The third-order valence-electron chi connectivity index (χ3n) is 12.2. The fourth-order valence-electron chi connectivity index (χ4n) is 7.95. The van der Waals surface area contributed by atoms with Crippen molar-refractivity contribution < 1.29 is 28.6 Å². The van der Waals surface area contributed by atoms with E-state index in [0.717, 1.165) is 89.9 Å². The topological polar surface area (TPSA) is 78.9 Å². The van der Waals surface area contributed by atoms with E-state index in [4.69, 9.17) is 14.2 Å². The zero-order valence-corrected chi connectivity index (χ0v) is 44.2. The molecule has 0 aromatic rings. The minimum absolute atomic E-state index is 0.0793. The quantitative estimate of drug-likeness (QED) is 0.0199. The zero-order valence-electron chi connectivity index (χ0n) is 44.2. The van der Waals surface area contributed by atoms with E-state index in [1.807, 2.05) is 0 Å². The lowest BCUT2D eigenvalue weighted by atomic mass is 10.1. The average molecular weight is 936 g/mol. The number of hydrogen-bond acceptors (Lipinski definition) is 6. The number of carbonyl (C=O) groups is 3. The smallest absolute Gasteiger partial charge is 0.306 e. The second kappa shape index (κ2) is 55.4. The highest BCUT2D eigenvalue weighted by Gasteiger charge is 2.19. The second-order valence-corrected chi connectivity index (χ2v) is 18.9. The Balaban J connectivity index is 4.36. The van der Waals surface area contributed by atoms with Gasteiger partial charge < -0.3 is 14.2 Å². The third-order valence-corrected chi connectivity index (χ3v) is 12.2. The first-order valence-corrected chi connectivity index (χ1v) is 28.5. The molecule has 0 aliphatic rings. The van der Waals surface area contributed by atoms with Crippen molar-refractivity contribution in [3.05, 3.63) is 72.9 Å². The van der Waals surface area contributed by atoms with Gasteiger partial charge in [-0.05, 0) is 83.5 Å². The minimum Gasteiger partial charge on any atom is -0.462 e. The zero-order chi connectivity index (χ0) is 48.6. The Morgan fingerprint density at radius 1 is 0.328 bits per heavy atom. The number of hydrogen-bond donors (Lipinski definition) is 0. The fourth-order valence-corrected chi connectivity index (χ4v) is 7.95. The maximum absolute atomic E-state index is 12.8. The average Bonchev–Trinajstić information content (AvgIpc) is 3.33. The molecule has 0 aliphatic carbocycles. The molecule has 0 N–H and O–H groups in total. The Morgan fingerprint density at radius 2 is 0.627 bits per heavy atom. The van der Waals surface area contributed by atoms with Gasteiger partial charge in [0, 0.05) is 19.3 Å². The number of allylic oxidation sites excluding steroid dienone is 12. The third kappa shape index (κ3) is 53.7. The Hall–Kier alpha value is -3.15. The summed E-state index contributed by atoms with van der Waals surface area (Å²) in [5.41, 5.74) is 0. The van der Waals surface area contributed by atoms with Crippen LogP contribution in [0.3, 0.4) is 0 Å². The molecule has 386 valence electrons. The Morgan fingerprint density at radius 3 is 1.03 bits per heavy atom. The second-order valence-electron chi connectivity index (χ2n) is 18.9. The highest BCUT2D eigenvalue weighted by atomic mass is 16.6. The molecule has 0 aromatic carbocycles. The van der Waals surface area contributed by atoms with Gasteiger partial charge in [0.05, 0.1) is 0 Å². The number of esters is 3. The summed E-state index contributed by atoms with van der Waals surface area (Å²) in [6.45, 7) is 6.50. The number of ether oxygens (including phenoxy) is 3. The first kappa shape index (κ1) is 63.8. The van der Waals surface area contributed by atoms with Gasteiger partial charge in [-0.15, -0.1) is 0 Å². The molecule has 0 spiro atoms. The molecule has 0 rings (SSSR count). The monoisotopic (exact) mass is 935 g/mol. The van der Waals surface area contributed by atoms with Crippen molar-refractivity contribution in [3.63, 3.8) is 0 Å². The van der Waals surface area contributed by atoms with E-state index < -0.39 is 6.10 Å². The molecule has 0 saturated carbocycles. The molecular formula is C61H106O6. The van der Waals surface area contributed by atoms with Gasteiger partial charge in [-0.2, -0.15) is 0 Å². The van der Waals surface area contributed by atoms with Gasteiger partial charge in [0.15, 0.2) is 6.10 Å². The van der Waals surface area contributed by atoms with Crippen LogP contribution in [0.25, 0.3) is 0 Å². The molecule has 0 heterocycles. The Bertz CT molecular complexity index is 1260. The molecular weight excluding hydrogens is 829 g/mol. The van der Waals surface area contributed by atoms with Gasteiger partial charge in [-0.1, -0.05) is 248 Å². The van der Waals surface area contributed by atoms with E-state index in [1.54, 1.807) is 0 Å². The van der Waals surface area contributed by atoms with Crippen molar-refractivity contribution >= 4 is 17.9 Å². The number of rotatable bonds is 51. The number of carbonyl (C=O) groups excluding carboxylic acids is 3. The summed E-state index contributed by atoms with van der Waals surface area (Å²) in [6, 6.07) is 0. The van der Waals surface area contributed by atoms with Gasteiger partial charge in [-0.25, -0.2) is 0 Å². The summed E-state index contributed by atoms with van der Waals surface area (Å²) in [5, 5.41) is 0. The molecule has 6 heteroatoms. The summed E-state index contributed by atoms with van der Waals surface area (Å²) in [7, 11) is 0. The van der Waals surface area contributed by atoms with Crippen LogP contribution in [-0.4, -0.2) is 37.2 Å². The van der Waals surface area contributed by atoms with Crippen LogP contribution in [0.4, 0.5) is 0 Å². The van der Waals surface area contributed by atoms with E-state index >= 15 is 0 Å². The molecule has 0 amide bonds. The molecule has 1 unspecified atom stereocenters. The molecule has 0 aromatic heterocycles. The molecule has 0 saturated heterocycles. The minimum atomic E-state index is -0.781. The van der Waals surface area contributed by atoms with Crippen LogP contribution >= 0.6 is 0 Å². The first-order chi connectivity index (χ1) is 33.0. The summed E-state index contributed by atoms with van der Waals surface area (Å²) in [4.78, 5) is 38.1. The number of unbranched alkanes of at least 4 members (excludes halogenated alkanes) is 29. The fraction of sp³-hybridized carbons (Fsp3) is 0.754. The van der Waals surface area contributed by atoms with Crippen molar-refractivity contribution in [1.29, 1.82) is 0 Å². The largest absolute Gasteiger partial charge is 0.462 e. The predicted octanol–water partition coefficient (Wildman–Crippen LogP) is 19.0. The van der Waals surface area contributed by atoms with Crippen molar-refractivity contribution in [2.24, 2.45) is 0 Å². The predicted molar refractivity (Wildman–Crippen MR) is 288 cm³/mol. The SMILES string of the molecule is CC/C=C\C/C=C\C/C=C\C/C=C\CCCCCCCCC(=O)OCC(COC(=O)CCCCCCCCCCCCC)OC(=O)CCCCCCCCCCCC/C=C\C=C/CCCCC. The van der Waals surface area contributed by atoms with Crippen LogP contribution in [0, 0.1) is 0 Å². The highest BCUT2D eigenvalue weighted by molar-refractivity contribution is 5.71. The van der Waals surface area contributed by atoms with Gasteiger partial charge in [0.25, 0.3) is 0 Å². The van der Waals surface area contributed by atoms with E-state index in [9.17, 15) is 14.4 Å². The van der Waals surface area contributed by atoms with Crippen LogP contribution in [0.5, 0.6) is 0 Å². The molecule has 1 atom stereocenters. The lowest BCUT2D eigenvalue weighted by molar-refractivity contribution is -0.167. The van der Waals surface area contributed by atoms with Crippen LogP contribution in [0.2, 0.25) is 0 Å². The first-order valence-electron chi connectivity index (χ1n) is 28.5. The lowest BCUT2D eigenvalue weighted by Crippen LogP contribution is -2.30. The molecule has 0 aliphatic heterocycles. The molecule has 6 nitrogen and oxygen atoms in total. The molecule has 0 bridgehead atoms. The van der Waals surface area contributed by atoms with Crippen molar-refractivity contribution in [3.8, 4) is 0 Å². The summed E-state index contributed by atoms with van der Waals surface area (Å²) in [5.74, 6) is -0.890. The van der Waals surface area contributed by atoms with E-state index in [0.29, 0.717) is 19.3 Å².